The first-order chi connectivity index (χ1) is 15.1. The Bertz CT molecular complexity index is 1240. The number of aryl methyl sites for hydroxylation is 1. The van der Waals surface area contributed by atoms with Gasteiger partial charge in [0.1, 0.15) is 12.4 Å². The molecule has 1 amide bonds. The van der Waals surface area contributed by atoms with Crippen molar-refractivity contribution in [2.75, 3.05) is 18.6 Å². The number of fused-ring (bicyclic) bond motifs is 2. The lowest BCUT2D eigenvalue weighted by molar-refractivity contribution is -0.126. The Labute approximate surface area is 183 Å². The van der Waals surface area contributed by atoms with Gasteiger partial charge in [-0.3, -0.25) is 4.79 Å². The lowest BCUT2D eigenvalue weighted by Gasteiger charge is -2.30. The van der Waals surface area contributed by atoms with Crippen molar-refractivity contribution >= 4 is 38.3 Å². The number of hydrogen-bond acceptors (Lipinski definition) is 6. The molecule has 1 aromatic heterocycles. The van der Waals surface area contributed by atoms with Crippen LogP contribution < -0.4 is 19.1 Å². The number of amides is 1. The molecule has 0 radical (unpaired) electrons. The molecule has 0 fully saturated rings. The molecular weight excluding hydrogens is 412 g/mol. The first-order valence-electron chi connectivity index (χ1n) is 9.87. The summed E-state index contributed by atoms with van der Waals surface area (Å²) in [5, 5.41) is 0.553. The maximum absolute atomic E-state index is 13.8. The Morgan fingerprint density at radius 3 is 2.68 bits per heavy atom. The maximum Gasteiger partial charge on any atom is 0.278 e. The summed E-state index contributed by atoms with van der Waals surface area (Å²) in [6, 6.07) is 20.9. The molecule has 0 saturated carbocycles. The van der Waals surface area contributed by atoms with Crippen LogP contribution >= 0.6 is 11.3 Å². The summed E-state index contributed by atoms with van der Waals surface area (Å²) in [5.41, 5.74) is 2.45. The fourth-order valence-electron chi connectivity index (χ4n) is 3.53. The van der Waals surface area contributed by atoms with Crippen molar-refractivity contribution < 1.29 is 19.0 Å². The molecule has 7 heteroatoms. The van der Waals surface area contributed by atoms with E-state index in [4.69, 9.17) is 19.2 Å². The van der Waals surface area contributed by atoms with Crippen LogP contribution in [0.5, 0.6) is 17.2 Å². The van der Waals surface area contributed by atoms with E-state index in [9.17, 15) is 4.79 Å². The van der Waals surface area contributed by atoms with Crippen molar-refractivity contribution in [1.82, 2.24) is 4.98 Å². The van der Waals surface area contributed by atoms with Gasteiger partial charge in [0, 0.05) is 0 Å². The Hall–Kier alpha value is -3.58. The summed E-state index contributed by atoms with van der Waals surface area (Å²) in [5.74, 6) is 1.49. The molecule has 31 heavy (non-hydrogen) atoms. The van der Waals surface area contributed by atoms with Crippen LogP contribution in [0.1, 0.15) is 5.56 Å². The molecule has 0 bridgehead atoms. The largest absolute Gasteiger partial charge is 0.495 e. The smallest absolute Gasteiger partial charge is 0.278 e. The average Bonchev–Trinajstić information content (AvgIpc) is 3.22. The highest BCUT2D eigenvalue weighted by molar-refractivity contribution is 7.22. The number of hydrogen-bond donors (Lipinski definition) is 0. The Balaban J connectivity index is 1.60. The van der Waals surface area contributed by atoms with Crippen molar-refractivity contribution in [3.05, 3.63) is 72.3 Å². The number of carbonyl (C=O) groups is 1. The molecule has 3 aromatic carbocycles. The van der Waals surface area contributed by atoms with Crippen molar-refractivity contribution in [1.29, 1.82) is 0 Å². The van der Waals surface area contributed by atoms with Crippen molar-refractivity contribution in [2.45, 2.75) is 13.0 Å². The molecule has 5 rings (SSSR count). The zero-order valence-corrected chi connectivity index (χ0v) is 17.9. The maximum atomic E-state index is 13.8. The predicted octanol–water partition coefficient (Wildman–Crippen LogP) is 5.12. The summed E-state index contributed by atoms with van der Waals surface area (Å²) in [6.45, 7) is 2.09. The van der Waals surface area contributed by atoms with Crippen LogP contribution in [0.25, 0.3) is 10.2 Å². The average molecular weight is 433 g/mol. The molecule has 1 atom stereocenters. The fourth-order valence-corrected chi connectivity index (χ4v) is 4.52. The molecule has 1 aliphatic rings. The number of nitrogens with zero attached hydrogens (tertiary/aromatic N) is 2. The summed E-state index contributed by atoms with van der Waals surface area (Å²) >= 11 is 1.45. The zero-order chi connectivity index (χ0) is 21.4. The van der Waals surface area contributed by atoms with Gasteiger partial charge in [0.05, 0.1) is 23.0 Å². The SMILES string of the molecule is COc1ccc(C)cc1N(C(=O)[C@@H]1COc2ccccc2O1)c1nc2ccccc2s1. The third-order valence-electron chi connectivity index (χ3n) is 5.05. The van der Waals surface area contributed by atoms with E-state index in [1.165, 1.54) is 11.3 Å². The topological polar surface area (TPSA) is 60.9 Å². The van der Waals surface area contributed by atoms with E-state index in [0.717, 1.165) is 15.8 Å². The molecule has 0 unspecified atom stereocenters. The van der Waals surface area contributed by atoms with Crippen LogP contribution in [-0.2, 0) is 4.79 Å². The Morgan fingerprint density at radius 1 is 1.10 bits per heavy atom. The van der Waals surface area contributed by atoms with Gasteiger partial charge in [-0.05, 0) is 48.9 Å². The summed E-state index contributed by atoms with van der Waals surface area (Å²) in [4.78, 5) is 20.1. The van der Waals surface area contributed by atoms with E-state index in [1.807, 2.05) is 67.6 Å². The molecule has 6 nitrogen and oxygen atoms in total. The van der Waals surface area contributed by atoms with Crippen LogP contribution in [0.4, 0.5) is 10.8 Å². The van der Waals surface area contributed by atoms with E-state index in [1.54, 1.807) is 18.1 Å². The number of benzene rings is 3. The minimum atomic E-state index is -0.813. The van der Waals surface area contributed by atoms with E-state index >= 15 is 0 Å². The number of anilines is 2. The molecule has 0 spiro atoms. The summed E-state index contributed by atoms with van der Waals surface area (Å²) < 4.78 is 18.4. The van der Waals surface area contributed by atoms with Gasteiger partial charge in [-0.2, -0.15) is 0 Å². The quantitative estimate of drug-likeness (QED) is 0.448. The fraction of sp³-hybridized carbons (Fsp3) is 0.167. The van der Waals surface area contributed by atoms with Gasteiger partial charge in [0.15, 0.2) is 16.6 Å². The van der Waals surface area contributed by atoms with Gasteiger partial charge in [-0.25, -0.2) is 9.88 Å². The minimum absolute atomic E-state index is 0.116. The van der Waals surface area contributed by atoms with Gasteiger partial charge in [0.2, 0.25) is 6.10 Å². The molecule has 0 N–H and O–H groups in total. The normalized spacial score (nSPS) is 15.0. The van der Waals surface area contributed by atoms with Gasteiger partial charge < -0.3 is 14.2 Å². The minimum Gasteiger partial charge on any atom is -0.495 e. The van der Waals surface area contributed by atoms with E-state index < -0.39 is 6.10 Å². The molecule has 2 heterocycles. The number of aromatic nitrogens is 1. The summed E-state index contributed by atoms with van der Waals surface area (Å²) in [6.07, 6.45) is -0.813. The predicted molar refractivity (Wildman–Crippen MR) is 121 cm³/mol. The van der Waals surface area contributed by atoms with Crippen molar-refractivity contribution in [2.24, 2.45) is 0 Å². The van der Waals surface area contributed by atoms with Crippen LogP contribution in [0.3, 0.4) is 0 Å². The number of rotatable bonds is 4. The molecule has 0 aliphatic carbocycles. The Morgan fingerprint density at radius 2 is 1.87 bits per heavy atom. The Kier molecular flexibility index (Phi) is 4.95. The van der Waals surface area contributed by atoms with Gasteiger partial charge in [-0.1, -0.05) is 41.7 Å². The highest BCUT2D eigenvalue weighted by Crippen LogP contribution is 2.40. The third kappa shape index (κ3) is 3.57. The second-order valence-corrected chi connectivity index (χ2v) is 8.19. The second kappa shape index (κ2) is 7.92. The lowest BCUT2D eigenvalue weighted by Crippen LogP contribution is -2.44. The third-order valence-corrected chi connectivity index (χ3v) is 6.08. The highest BCUT2D eigenvalue weighted by Gasteiger charge is 2.35. The van der Waals surface area contributed by atoms with Gasteiger partial charge in [0.25, 0.3) is 5.91 Å². The zero-order valence-electron chi connectivity index (χ0n) is 17.1. The molecule has 1 aliphatic heterocycles. The molecule has 156 valence electrons. The van der Waals surface area contributed by atoms with E-state index in [2.05, 4.69) is 0 Å². The standard InChI is InChI=1S/C24H20N2O4S/c1-15-11-12-18(28-2)17(13-15)26(24-25-16-7-3-6-10-22(16)31-24)23(27)21-14-29-19-8-4-5-9-20(19)30-21/h3-13,21H,14H2,1-2H3/t21-/m0/s1. The second-order valence-electron chi connectivity index (χ2n) is 7.18. The highest BCUT2D eigenvalue weighted by atomic mass is 32.1. The monoisotopic (exact) mass is 432 g/mol. The lowest BCUT2D eigenvalue weighted by atomic mass is 10.1. The first-order valence-corrected chi connectivity index (χ1v) is 10.7. The first kappa shape index (κ1) is 19.4. The van der Waals surface area contributed by atoms with Crippen molar-refractivity contribution in [3.8, 4) is 17.2 Å². The number of methoxy groups -OCH3 is 1. The van der Waals surface area contributed by atoms with E-state index in [0.29, 0.717) is 28.1 Å². The van der Waals surface area contributed by atoms with Crippen LogP contribution in [0.15, 0.2) is 66.7 Å². The molecule has 0 saturated heterocycles. The number of carbonyl (C=O) groups excluding carboxylic acids is 1. The van der Waals surface area contributed by atoms with Crippen LogP contribution in [0, 0.1) is 6.92 Å². The van der Waals surface area contributed by atoms with Crippen LogP contribution in [0.2, 0.25) is 0 Å². The molecule has 4 aromatic rings. The number of thiazole rings is 1. The number of ether oxygens (including phenoxy) is 3. The van der Waals surface area contributed by atoms with Crippen LogP contribution in [-0.4, -0.2) is 30.7 Å². The van der Waals surface area contributed by atoms with E-state index in [-0.39, 0.29) is 12.5 Å². The van der Waals surface area contributed by atoms with Crippen molar-refractivity contribution in [3.63, 3.8) is 0 Å². The van der Waals surface area contributed by atoms with Gasteiger partial charge in [-0.15, -0.1) is 0 Å². The number of para-hydroxylation sites is 3. The van der Waals surface area contributed by atoms with Gasteiger partial charge >= 0.3 is 0 Å². The molecular formula is C24H20N2O4S. The summed E-state index contributed by atoms with van der Waals surface area (Å²) in [7, 11) is 1.59.